The topological polar surface area (TPSA) is 73.6 Å². The highest BCUT2D eigenvalue weighted by atomic mass is 16.5. The van der Waals surface area contributed by atoms with E-state index in [9.17, 15) is 0 Å². The average Bonchev–Trinajstić information content (AvgIpc) is 3.23. The average molecular weight is 389 g/mol. The molecule has 1 N–H and O–H groups in total. The van der Waals surface area contributed by atoms with Gasteiger partial charge in [-0.1, -0.05) is 30.3 Å². The van der Waals surface area contributed by atoms with Crippen LogP contribution in [-0.4, -0.2) is 33.8 Å². The van der Waals surface area contributed by atoms with Crippen molar-refractivity contribution in [1.29, 1.82) is 0 Å². The first-order valence-corrected chi connectivity index (χ1v) is 9.36. The SMILES string of the molecule is COc1cc(C)c(C(C)Nc2cc(-c3ccccc3)nc3ncnn23)cc1OC. The van der Waals surface area contributed by atoms with Crippen LogP contribution in [0.3, 0.4) is 0 Å². The highest BCUT2D eigenvalue weighted by Crippen LogP contribution is 2.34. The monoisotopic (exact) mass is 389 g/mol. The summed E-state index contributed by atoms with van der Waals surface area (Å²) < 4.78 is 12.6. The highest BCUT2D eigenvalue weighted by Gasteiger charge is 2.16. The number of methoxy groups -OCH3 is 2. The zero-order valence-corrected chi connectivity index (χ0v) is 16.9. The first-order chi connectivity index (χ1) is 14.1. The molecule has 148 valence electrons. The maximum absolute atomic E-state index is 5.48. The molecule has 0 radical (unpaired) electrons. The van der Waals surface area contributed by atoms with Crippen LogP contribution >= 0.6 is 0 Å². The van der Waals surface area contributed by atoms with Crippen LogP contribution in [0.15, 0.2) is 54.9 Å². The molecule has 2 aromatic heterocycles. The number of hydrogen-bond acceptors (Lipinski definition) is 6. The lowest BCUT2D eigenvalue weighted by atomic mass is 10.0. The van der Waals surface area contributed by atoms with Crippen molar-refractivity contribution in [3.05, 3.63) is 66.0 Å². The van der Waals surface area contributed by atoms with E-state index < -0.39 is 0 Å². The quantitative estimate of drug-likeness (QED) is 0.530. The lowest BCUT2D eigenvalue weighted by Crippen LogP contribution is -2.13. The molecule has 0 aliphatic rings. The van der Waals surface area contributed by atoms with Crippen molar-refractivity contribution in [3.8, 4) is 22.8 Å². The van der Waals surface area contributed by atoms with Gasteiger partial charge in [-0.25, -0.2) is 4.98 Å². The maximum Gasteiger partial charge on any atom is 0.254 e. The van der Waals surface area contributed by atoms with Crippen LogP contribution in [0.25, 0.3) is 17.0 Å². The van der Waals surface area contributed by atoms with E-state index in [0.717, 1.165) is 34.0 Å². The number of rotatable bonds is 6. The van der Waals surface area contributed by atoms with Crippen LogP contribution < -0.4 is 14.8 Å². The summed E-state index contributed by atoms with van der Waals surface area (Å²) in [5, 5.41) is 7.87. The number of anilines is 1. The van der Waals surface area contributed by atoms with Gasteiger partial charge in [-0.3, -0.25) is 0 Å². The van der Waals surface area contributed by atoms with Gasteiger partial charge in [-0.2, -0.15) is 14.6 Å². The molecule has 7 nitrogen and oxygen atoms in total. The molecule has 2 heterocycles. The van der Waals surface area contributed by atoms with Crippen molar-refractivity contribution in [3.63, 3.8) is 0 Å². The first-order valence-electron chi connectivity index (χ1n) is 9.36. The van der Waals surface area contributed by atoms with Crippen molar-refractivity contribution < 1.29 is 9.47 Å². The zero-order chi connectivity index (χ0) is 20.4. The molecular formula is C22H23N5O2. The van der Waals surface area contributed by atoms with Crippen LogP contribution in [0.4, 0.5) is 5.82 Å². The van der Waals surface area contributed by atoms with Gasteiger partial charge in [0, 0.05) is 11.6 Å². The van der Waals surface area contributed by atoms with E-state index in [1.54, 1.807) is 18.7 Å². The summed E-state index contributed by atoms with van der Waals surface area (Å²) in [5.41, 5.74) is 4.07. The molecule has 0 amide bonds. The van der Waals surface area contributed by atoms with Crippen molar-refractivity contribution >= 4 is 11.6 Å². The third kappa shape index (κ3) is 3.59. The number of nitrogens with one attached hydrogen (secondary N) is 1. The van der Waals surface area contributed by atoms with E-state index in [2.05, 4.69) is 34.2 Å². The Hall–Kier alpha value is -3.61. The van der Waals surface area contributed by atoms with Crippen LogP contribution in [0.2, 0.25) is 0 Å². The molecule has 2 aromatic carbocycles. The molecule has 0 saturated carbocycles. The largest absolute Gasteiger partial charge is 0.493 e. The second-order valence-electron chi connectivity index (χ2n) is 6.79. The van der Waals surface area contributed by atoms with Crippen molar-refractivity contribution in [2.45, 2.75) is 19.9 Å². The standard InChI is InChI=1S/C22H23N5O2/c1-14-10-19(28-3)20(29-4)11-17(14)15(2)25-21-12-18(16-8-6-5-7-9-16)26-22-23-13-24-27(21)22/h5-13,15,25H,1-4H3. The van der Waals surface area contributed by atoms with Gasteiger partial charge in [-0.15, -0.1) is 0 Å². The summed E-state index contributed by atoms with van der Waals surface area (Å²) in [6.45, 7) is 4.15. The van der Waals surface area contributed by atoms with Gasteiger partial charge in [0.1, 0.15) is 12.1 Å². The van der Waals surface area contributed by atoms with E-state index in [1.165, 1.54) is 6.33 Å². The zero-order valence-electron chi connectivity index (χ0n) is 16.9. The van der Waals surface area contributed by atoms with E-state index in [-0.39, 0.29) is 6.04 Å². The summed E-state index contributed by atoms with van der Waals surface area (Å²) in [7, 11) is 3.28. The maximum atomic E-state index is 5.48. The Morgan fingerprint density at radius 2 is 1.72 bits per heavy atom. The molecule has 1 unspecified atom stereocenters. The fourth-order valence-corrected chi connectivity index (χ4v) is 3.43. The fourth-order valence-electron chi connectivity index (χ4n) is 3.43. The summed E-state index contributed by atoms with van der Waals surface area (Å²) >= 11 is 0. The number of fused-ring (bicyclic) bond motifs is 1. The van der Waals surface area contributed by atoms with Gasteiger partial charge in [0.15, 0.2) is 11.5 Å². The van der Waals surface area contributed by atoms with E-state index in [4.69, 9.17) is 9.47 Å². The van der Waals surface area contributed by atoms with Gasteiger partial charge in [0.2, 0.25) is 0 Å². The highest BCUT2D eigenvalue weighted by molar-refractivity contribution is 5.65. The first kappa shape index (κ1) is 18.7. The minimum absolute atomic E-state index is 0.00627. The summed E-state index contributed by atoms with van der Waals surface area (Å²) in [6, 6.07) is 16.0. The van der Waals surface area contributed by atoms with Gasteiger partial charge < -0.3 is 14.8 Å². The molecule has 0 bridgehead atoms. The van der Waals surface area contributed by atoms with Gasteiger partial charge in [0.25, 0.3) is 5.78 Å². The molecule has 1 atom stereocenters. The number of hydrogen-bond donors (Lipinski definition) is 1. The number of aromatic nitrogens is 4. The van der Waals surface area contributed by atoms with Crippen molar-refractivity contribution in [2.75, 3.05) is 19.5 Å². The summed E-state index contributed by atoms with van der Waals surface area (Å²) in [5.74, 6) is 2.78. The van der Waals surface area contributed by atoms with Crippen LogP contribution in [0, 0.1) is 6.92 Å². The minimum atomic E-state index is -0.00627. The molecule has 0 saturated heterocycles. The molecule has 29 heavy (non-hydrogen) atoms. The van der Waals surface area contributed by atoms with Crippen molar-refractivity contribution in [2.24, 2.45) is 0 Å². The number of aryl methyl sites for hydroxylation is 1. The molecule has 4 aromatic rings. The lowest BCUT2D eigenvalue weighted by Gasteiger charge is -2.20. The third-order valence-corrected chi connectivity index (χ3v) is 4.92. The predicted molar refractivity (Wildman–Crippen MR) is 113 cm³/mol. The Balaban J connectivity index is 1.73. The third-order valence-electron chi connectivity index (χ3n) is 4.92. The molecule has 7 heteroatoms. The number of ether oxygens (including phenoxy) is 2. The number of benzene rings is 2. The second-order valence-corrected chi connectivity index (χ2v) is 6.79. The minimum Gasteiger partial charge on any atom is -0.493 e. The van der Waals surface area contributed by atoms with Gasteiger partial charge in [-0.05, 0) is 37.1 Å². The van der Waals surface area contributed by atoms with E-state index >= 15 is 0 Å². The molecule has 0 aliphatic carbocycles. The molecule has 0 aliphatic heterocycles. The predicted octanol–water partition coefficient (Wildman–Crippen LogP) is 4.29. The Morgan fingerprint density at radius 3 is 2.45 bits per heavy atom. The molecule has 0 spiro atoms. The van der Waals surface area contributed by atoms with Crippen LogP contribution in [0.5, 0.6) is 11.5 Å². The summed E-state index contributed by atoms with van der Waals surface area (Å²) in [6.07, 6.45) is 1.51. The Morgan fingerprint density at radius 1 is 1.00 bits per heavy atom. The van der Waals surface area contributed by atoms with Gasteiger partial charge in [0.05, 0.1) is 26.0 Å². The molecular weight excluding hydrogens is 366 g/mol. The molecule has 0 fully saturated rings. The summed E-state index contributed by atoms with van der Waals surface area (Å²) in [4.78, 5) is 8.90. The van der Waals surface area contributed by atoms with Crippen LogP contribution in [0.1, 0.15) is 24.1 Å². The number of nitrogens with zero attached hydrogens (tertiary/aromatic N) is 4. The Labute approximate surface area is 169 Å². The normalized spacial score (nSPS) is 12.0. The lowest BCUT2D eigenvalue weighted by molar-refractivity contribution is 0.354. The van der Waals surface area contributed by atoms with E-state index in [1.807, 2.05) is 48.5 Å². The van der Waals surface area contributed by atoms with Crippen molar-refractivity contribution in [1.82, 2.24) is 19.6 Å². The fraction of sp³-hybridized carbons (Fsp3) is 0.227. The smallest absolute Gasteiger partial charge is 0.254 e. The van der Waals surface area contributed by atoms with Crippen LogP contribution in [-0.2, 0) is 0 Å². The second kappa shape index (κ2) is 7.79. The Bertz CT molecular complexity index is 1140. The Kier molecular flexibility index (Phi) is 5.03. The van der Waals surface area contributed by atoms with E-state index in [0.29, 0.717) is 11.5 Å². The van der Waals surface area contributed by atoms with Gasteiger partial charge >= 0.3 is 0 Å². The molecule has 4 rings (SSSR count).